The Labute approximate surface area is 104 Å². The molecule has 1 amide bonds. The van der Waals surface area contributed by atoms with Crippen molar-refractivity contribution in [3.05, 3.63) is 57.9 Å². The van der Waals surface area contributed by atoms with Gasteiger partial charge in [-0.2, -0.15) is 0 Å². The molecular weight excluding hydrogens is 232 g/mol. The topological polar surface area (TPSA) is 75.1 Å². The number of nitrogens with one attached hydrogen (secondary N) is 2. The van der Waals surface area contributed by atoms with Crippen LogP contribution in [0.3, 0.4) is 0 Å². The molecule has 0 radical (unpaired) electrons. The van der Waals surface area contributed by atoms with Crippen LogP contribution >= 0.6 is 0 Å². The van der Waals surface area contributed by atoms with Crippen molar-refractivity contribution >= 4 is 5.91 Å². The zero-order valence-corrected chi connectivity index (χ0v) is 10.2. The molecular formula is C13H14N2O3. The number of carbonyl (C=O) groups is 1. The lowest BCUT2D eigenvalue weighted by molar-refractivity contribution is 0.0935. The zero-order chi connectivity index (χ0) is 13.1. The molecule has 2 heterocycles. The van der Waals surface area contributed by atoms with Crippen molar-refractivity contribution in [3.8, 4) is 0 Å². The fraction of sp³-hybridized carbons (Fsp3) is 0.231. The molecule has 2 rings (SSSR count). The molecule has 0 aromatic carbocycles. The Kier molecular flexibility index (Phi) is 3.32. The summed E-state index contributed by atoms with van der Waals surface area (Å²) in [6, 6.07) is 6.22. The van der Waals surface area contributed by atoms with Gasteiger partial charge in [-0.05, 0) is 32.0 Å². The van der Waals surface area contributed by atoms with Gasteiger partial charge >= 0.3 is 0 Å². The summed E-state index contributed by atoms with van der Waals surface area (Å²) in [5, 5.41) is 2.77. The first-order valence-corrected chi connectivity index (χ1v) is 5.62. The van der Waals surface area contributed by atoms with Crippen LogP contribution in [0.2, 0.25) is 0 Å². The second-order valence-electron chi connectivity index (χ2n) is 4.09. The highest BCUT2D eigenvalue weighted by atomic mass is 16.3. The molecule has 5 heteroatoms. The molecule has 5 nitrogen and oxygen atoms in total. The summed E-state index contributed by atoms with van der Waals surface area (Å²) in [5.41, 5.74) is 0.0259. The molecule has 0 saturated heterocycles. The number of rotatable bonds is 3. The van der Waals surface area contributed by atoms with Gasteiger partial charge in [0.2, 0.25) is 5.56 Å². The normalized spacial score (nSPS) is 12.1. The molecule has 1 atom stereocenters. The summed E-state index contributed by atoms with van der Waals surface area (Å²) < 4.78 is 5.42. The Bertz CT molecular complexity index is 612. The van der Waals surface area contributed by atoms with Crippen LogP contribution in [-0.2, 0) is 0 Å². The van der Waals surface area contributed by atoms with Crippen LogP contribution in [0.1, 0.15) is 34.8 Å². The van der Waals surface area contributed by atoms with Crippen molar-refractivity contribution in [1.29, 1.82) is 0 Å². The van der Waals surface area contributed by atoms with Gasteiger partial charge in [-0.25, -0.2) is 0 Å². The lowest BCUT2D eigenvalue weighted by Crippen LogP contribution is -2.27. The van der Waals surface area contributed by atoms with Crippen LogP contribution in [0.25, 0.3) is 0 Å². The van der Waals surface area contributed by atoms with Crippen molar-refractivity contribution in [2.45, 2.75) is 19.9 Å². The number of furan rings is 1. The van der Waals surface area contributed by atoms with Crippen LogP contribution in [0.5, 0.6) is 0 Å². The van der Waals surface area contributed by atoms with Crippen molar-refractivity contribution in [3.63, 3.8) is 0 Å². The minimum atomic E-state index is -0.303. The van der Waals surface area contributed by atoms with E-state index in [0.29, 0.717) is 11.3 Å². The molecule has 2 N–H and O–H groups in total. The average molecular weight is 246 g/mol. The summed E-state index contributed by atoms with van der Waals surface area (Å²) in [6.07, 6.45) is 1.44. The minimum Gasteiger partial charge on any atom is -0.464 e. The third kappa shape index (κ3) is 2.68. The predicted molar refractivity (Wildman–Crippen MR) is 66.4 cm³/mol. The van der Waals surface area contributed by atoms with Gasteiger partial charge < -0.3 is 14.7 Å². The van der Waals surface area contributed by atoms with Crippen molar-refractivity contribution in [2.75, 3.05) is 0 Å². The first-order valence-electron chi connectivity index (χ1n) is 5.62. The van der Waals surface area contributed by atoms with Gasteiger partial charge in [0.15, 0.2) is 0 Å². The van der Waals surface area contributed by atoms with E-state index in [1.165, 1.54) is 12.3 Å². The van der Waals surface area contributed by atoms with E-state index >= 15 is 0 Å². The summed E-state index contributed by atoms with van der Waals surface area (Å²) in [4.78, 5) is 25.4. The molecule has 0 spiro atoms. The van der Waals surface area contributed by atoms with Crippen molar-refractivity contribution < 1.29 is 9.21 Å². The lowest BCUT2D eigenvalue weighted by Gasteiger charge is -2.11. The van der Waals surface area contributed by atoms with E-state index in [0.717, 1.165) is 5.76 Å². The molecule has 0 saturated carbocycles. The van der Waals surface area contributed by atoms with Gasteiger partial charge in [0.1, 0.15) is 11.5 Å². The van der Waals surface area contributed by atoms with Crippen molar-refractivity contribution in [1.82, 2.24) is 10.3 Å². The number of aryl methyl sites for hydroxylation is 1. The number of H-pyrrole nitrogens is 1. The molecule has 0 aliphatic heterocycles. The first-order chi connectivity index (χ1) is 8.56. The van der Waals surface area contributed by atoms with Gasteiger partial charge in [0.05, 0.1) is 6.04 Å². The summed E-state index contributed by atoms with van der Waals surface area (Å²) in [5.74, 6) is 1.18. The molecule has 0 bridgehead atoms. The maximum atomic E-state index is 11.9. The van der Waals surface area contributed by atoms with Gasteiger partial charge in [-0.1, -0.05) is 0 Å². The number of aromatic nitrogens is 1. The molecule has 18 heavy (non-hydrogen) atoms. The van der Waals surface area contributed by atoms with E-state index in [1.54, 1.807) is 6.07 Å². The standard InChI is InChI=1S/C13H14N2O3/c1-8-3-4-11(18-8)9(2)15-13(17)10-5-6-14-12(16)7-10/h3-7,9H,1-2H3,(H,14,16)(H,15,17). The van der Waals surface area contributed by atoms with Crippen LogP contribution in [-0.4, -0.2) is 10.9 Å². The molecule has 94 valence electrons. The largest absolute Gasteiger partial charge is 0.464 e. The molecule has 0 aliphatic rings. The molecule has 1 unspecified atom stereocenters. The smallest absolute Gasteiger partial charge is 0.252 e. The summed E-state index contributed by atoms with van der Waals surface area (Å²) in [7, 11) is 0. The van der Waals surface area contributed by atoms with Crippen LogP contribution < -0.4 is 10.9 Å². The second-order valence-corrected chi connectivity index (χ2v) is 4.09. The Balaban J connectivity index is 2.10. The molecule has 0 aliphatic carbocycles. The van der Waals surface area contributed by atoms with Crippen LogP contribution in [0.4, 0.5) is 0 Å². The molecule has 2 aromatic heterocycles. The van der Waals surface area contributed by atoms with E-state index in [2.05, 4.69) is 10.3 Å². The molecule has 2 aromatic rings. The number of pyridine rings is 1. The van der Waals surface area contributed by atoms with Gasteiger partial charge in [-0.15, -0.1) is 0 Å². The predicted octanol–water partition coefficient (Wildman–Crippen LogP) is 1.77. The average Bonchev–Trinajstić information content (AvgIpc) is 2.76. The highest BCUT2D eigenvalue weighted by Gasteiger charge is 2.14. The number of hydrogen-bond donors (Lipinski definition) is 2. The van der Waals surface area contributed by atoms with E-state index in [1.807, 2.05) is 26.0 Å². The van der Waals surface area contributed by atoms with Gasteiger partial charge in [-0.3, -0.25) is 9.59 Å². The third-order valence-corrected chi connectivity index (χ3v) is 2.57. The second kappa shape index (κ2) is 4.91. The Morgan fingerprint density at radius 2 is 2.17 bits per heavy atom. The van der Waals surface area contributed by atoms with Gasteiger partial charge in [0.25, 0.3) is 5.91 Å². The van der Waals surface area contributed by atoms with Gasteiger partial charge in [0, 0.05) is 17.8 Å². The quantitative estimate of drug-likeness (QED) is 0.866. The molecule has 0 fully saturated rings. The maximum absolute atomic E-state index is 11.9. The van der Waals surface area contributed by atoms with Crippen molar-refractivity contribution in [2.24, 2.45) is 0 Å². The number of hydrogen-bond acceptors (Lipinski definition) is 3. The highest BCUT2D eigenvalue weighted by Crippen LogP contribution is 2.15. The van der Waals surface area contributed by atoms with Crippen LogP contribution in [0, 0.1) is 6.92 Å². The Morgan fingerprint density at radius 3 is 2.78 bits per heavy atom. The maximum Gasteiger partial charge on any atom is 0.252 e. The van der Waals surface area contributed by atoms with Crippen LogP contribution in [0.15, 0.2) is 39.7 Å². The van der Waals surface area contributed by atoms with E-state index in [9.17, 15) is 9.59 Å². The fourth-order valence-corrected chi connectivity index (χ4v) is 1.62. The summed E-state index contributed by atoms with van der Waals surface area (Å²) in [6.45, 7) is 3.66. The Hall–Kier alpha value is -2.30. The first kappa shape index (κ1) is 12.2. The fourth-order valence-electron chi connectivity index (χ4n) is 1.62. The number of amides is 1. The van der Waals surface area contributed by atoms with E-state index in [4.69, 9.17) is 4.42 Å². The monoisotopic (exact) mass is 246 g/mol. The Morgan fingerprint density at radius 1 is 1.39 bits per heavy atom. The highest BCUT2D eigenvalue weighted by molar-refractivity contribution is 5.94. The number of aromatic amines is 1. The van der Waals surface area contributed by atoms with E-state index < -0.39 is 0 Å². The minimum absolute atomic E-state index is 0.245. The third-order valence-electron chi connectivity index (χ3n) is 2.57. The zero-order valence-electron chi connectivity index (χ0n) is 10.2. The summed E-state index contributed by atoms with van der Waals surface area (Å²) >= 11 is 0. The SMILES string of the molecule is Cc1ccc(C(C)NC(=O)c2cc[nH]c(=O)c2)o1. The van der Waals surface area contributed by atoms with E-state index in [-0.39, 0.29) is 17.5 Å². The number of carbonyl (C=O) groups excluding carboxylic acids is 1. The lowest BCUT2D eigenvalue weighted by atomic mass is 10.2.